The maximum Gasteiger partial charge on any atom is 0.178 e. The molecule has 3 nitrogen and oxygen atoms in total. The molecule has 0 aromatic carbocycles. The minimum Gasteiger partial charge on any atom is -0.293 e. The lowest BCUT2D eigenvalue weighted by Gasteiger charge is -2.18. The van der Waals surface area contributed by atoms with Crippen LogP contribution in [0, 0.1) is 0 Å². The molecule has 5 heteroatoms. The van der Waals surface area contributed by atoms with Gasteiger partial charge in [0.15, 0.2) is 15.6 Å². The molecule has 1 atom stereocenters. The van der Waals surface area contributed by atoms with E-state index in [2.05, 4.69) is 15.9 Å². The van der Waals surface area contributed by atoms with E-state index in [-0.39, 0.29) is 16.4 Å². The van der Waals surface area contributed by atoms with E-state index < -0.39 is 14.2 Å². The van der Waals surface area contributed by atoms with Crippen LogP contribution in [0.15, 0.2) is 23.1 Å². The van der Waals surface area contributed by atoms with Gasteiger partial charge in [-0.3, -0.25) is 4.79 Å². The lowest BCUT2D eigenvalue weighted by atomic mass is 10.0. The van der Waals surface area contributed by atoms with Crippen LogP contribution in [0.25, 0.3) is 0 Å². The van der Waals surface area contributed by atoms with Gasteiger partial charge in [-0.2, -0.15) is 0 Å². The standard InChI is InChI=1S/C9H11BrO3S/c1-3-14(12,13)7-4-5-9(2,10)8(11)6-7/h4-6H,3H2,1-2H3. The van der Waals surface area contributed by atoms with E-state index in [4.69, 9.17) is 0 Å². The lowest BCUT2D eigenvalue weighted by molar-refractivity contribution is -0.115. The average molecular weight is 279 g/mol. The molecule has 1 unspecified atom stereocenters. The van der Waals surface area contributed by atoms with Gasteiger partial charge in [0.25, 0.3) is 0 Å². The van der Waals surface area contributed by atoms with Gasteiger partial charge in [-0.25, -0.2) is 8.42 Å². The summed E-state index contributed by atoms with van der Waals surface area (Å²) in [4.78, 5) is 11.5. The fourth-order valence-electron chi connectivity index (χ4n) is 0.999. The molecule has 0 saturated carbocycles. The predicted molar refractivity (Wildman–Crippen MR) is 59.0 cm³/mol. The van der Waals surface area contributed by atoms with Crippen LogP contribution in [0.3, 0.4) is 0 Å². The first-order valence-corrected chi connectivity index (χ1v) is 6.61. The molecule has 0 spiro atoms. The Hall–Kier alpha value is -0.420. The highest BCUT2D eigenvalue weighted by molar-refractivity contribution is 9.10. The minimum atomic E-state index is -3.27. The Kier molecular flexibility index (Phi) is 3.02. The zero-order chi connectivity index (χ0) is 11.0. The average Bonchev–Trinajstić information content (AvgIpc) is 2.09. The number of halogens is 1. The topological polar surface area (TPSA) is 51.2 Å². The largest absolute Gasteiger partial charge is 0.293 e. The Bertz CT molecular complexity index is 415. The van der Waals surface area contributed by atoms with Crippen LogP contribution in [0.5, 0.6) is 0 Å². The summed E-state index contributed by atoms with van der Waals surface area (Å²) in [5, 5.41) is 0. The Labute approximate surface area is 91.9 Å². The molecule has 0 radical (unpaired) electrons. The van der Waals surface area contributed by atoms with E-state index in [0.29, 0.717) is 0 Å². The molecule has 0 N–H and O–H groups in total. The second-order valence-electron chi connectivity index (χ2n) is 3.22. The molecule has 1 rings (SSSR count). The van der Waals surface area contributed by atoms with E-state index in [1.165, 1.54) is 12.2 Å². The van der Waals surface area contributed by atoms with Gasteiger partial charge in [0.05, 0.1) is 10.7 Å². The van der Waals surface area contributed by atoms with E-state index in [1.807, 2.05) is 0 Å². The highest BCUT2D eigenvalue weighted by Gasteiger charge is 2.30. The quantitative estimate of drug-likeness (QED) is 0.721. The Morgan fingerprint density at radius 2 is 2.07 bits per heavy atom. The van der Waals surface area contributed by atoms with Crippen LogP contribution in [-0.2, 0) is 14.6 Å². The van der Waals surface area contributed by atoms with Crippen LogP contribution in [0.1, 0.15) is 13.8 Å². The number of carbonyl (C=O) groups is 1. The van der Waals surface area contributed by atoms with Crippen LogP contribution in [0.4, 0.5) is 0 Å². The summed E-state index contributed by atoms with van der Waals surface area (Å²) in [6.45, 7) is 3.23. The third-order valence-corrected chi connectivity index (χ3v) is 4.44. The van der Waals surface area contributed by atoms with Gasteiger partial charge in [0, 0.05) is 6.08 Å². The summed E-state index contributed by atoms with van der Waals surface area (Å²) in [5.41, 5.74) is 0. The molecular weight excluding hydrogens is 268 g/mol. The highest BCUT2D eigenvalue weighted by atomic mass is 79.9. The van der Waals surface area contributed by atoms with Crippen molar-refractivity contribution in [3.63, 3.8) is 0 Å². The molecule has 14 heavy (non-hydrogen) atoms. The van der Waals surface area contributed by atoms with Crippen molar-refractivity contribution in [2.24, 2.45) is 0 Å². The van der Waals surface area contributed by atoms with E-state index in [1.54, 1.807) is 19.9 Å². The summed E-state index contributed by atoms with van der Waals surface area (Å²) in [6, 6.07) is 0. The second-order valence-corrected chi connectivity index (χ2v) is 7.15. The lowest BCUT2D eigenvalue weighted by Crippen LogP contribution is -2.27. The fourth-order valence-corrected chi connectivity index (χ4v) is 2.14. The van der Waals surface area contributed by atoms with Crippen LogP contribution >= 0.6 is 15.9 Å². The first kappa shape index (κ1) is 11.7. The van der Waals surface area contributed by atoms with Gasteiger partial charge in [-0.15, -0.1) is 0 Å². The van der Waals surface area contributed by atoms with Crippen molar-refractivity contribution >= 4 is 31.6 Å². The van der Waals surface area contributed by atoms with Crippen LogP contribution in [-0.4, -0.2) is 24.3 Å². The van der Waals surface area contributed by atoms with Crippen molar-refractivity contribution in [1.29, 1.82) is 0 Å². The molecule has 1 aliphatic rings. The van der Waals surface area contributed by atoms with E-state index in [9.17, 15) is 13.2 Å². The maximum atomic E-state index is 11.4. The molecule has 0 aromatic heterocycles. The van der Waals surface area contributed by atoms with E-state index in [0.717, 1.165) is 0 Å². The second kappa shape index (κ2) is 3.62. The fraction of sp³-hybridized carbons (Fsp3) is 0.444. The molecule has 0 aromatic rings. The van der Waals surface area contributed by atoms with Gasteiger partial charge in [0.1, 0.15) is 4.32 Å². The number of allylic oxidation sites excluding steroid dienone is 3. The molecule has 0 heterocycles. The van der Waals surface area contributed by atoms with Gasteiger partial charge < -0.3 is 0 Å². The molecule has 0 fully saturated rings. The smallest absolute Gasteiger partial charge is 0.178 e. The van der Waals surface area contributed by atoms with Gasteiger partial charge in [-0.1, -0.05) is 28.9 Å². The molecule has 1 aliphatic carbocycles. The summed E-state index contributed by atoms with van der Waals surface area (Å²) in [7, 11) is -3.27. The highest BCUT2D eigenvalue weighted by Crippen LogP contribution is 2.27. The first-order valence-electron chi connectivity index (χ1n) is 4.16. The van der Waals surface area contributed by atoms with Crippen molar-refractivity contribution in [2.45, 2.75) is 18.2 Å². The van der Waals surface area contributed by atoms with Crippen molar-refractivity contribution in [3.8, 4) is 0 Å². The Morgan fingerprint density at radius 3 is 2.50 bits per heavy atom. The third kappa shape index (κ3) is 2.15. The van der Waals surface area contributed by atoms with Crippen molar-refractivity contribution in [2.75, 3.05) is 5.75 Å². The number of carbonyl (C=O) groups excluding carboxylic acids is 1. The van der Waals surface area contributed by atoms with Crippen LogP contribution < -0.4 is 0 Å². The number of hydrogen-bond donors (Lipinski definition) is 0. The van der Waals surface area contributed by atoms with Gasteiger partial charge >= 0.3 is 0 Å². The number of sulfone groups is 1. The third-order valence-electron chi connectivity index (χ3n) is 2.05. The van der Waals surface area contributed by atoms with Gasteiger partial charge in [0.2, 0.25) is 0 Å². The van der Waals surface area contributed by atoms with Crippen LogP contribution in [0.2, 0.25) is 0 Å². The SMILES string of the molecule is CCS(=O)(=O)C1=CC(=O)C(C)(Br)C=C1. The summed E-state index contributed by atoms with van der Waals surface area (Å²) >= 11 is 3.20. The van der Waals surface area contributed by atoms with Crippen molar-refractivity contribution in [1.82, 2.24) is 0 Å². The summed E-state index contributed by atoms with van der Waals surface area (Å²) in [5.74, 6) is -0.234. The number of ketones is 1. The van der Waals surface area contributed by atoms with Crippen molar-refractivity contribution in [3.05, 3.63) is 23.1 Å². The first-order chi connectivity index (χ1) is 6.29. The minimum absolute atomic E-state index is 0.00938. The monoisotopic (exact) mass is 278 g/mol. The summed E-state index contributed by atoms with van der Waals surface area (Å²) < 4.78 is 22.1. The zero-order valence-electron chi connectivity index (χ0n) is 7.95. The number of hydrogen-bond acceptors (Lipinski definition) is 3. The number of alkyl halides is 1. The normalized spacial score (nSPS) is 27.6. The molecule has 78 valence electrons. The Balaban J connectivity index is 3.12. The molecule has 0 amide bonds. The number of rotatable bonds is 2. The molecule has 0 bridgehead atoms. The van der Waals surface area contributed by atoms with Crippen molar-refractivity contribution < 1.29 is 13.2 Å². The molecular formula is C9H11BrO3S. The molecule has 0 aliphatic heterocycles. The molecule has 0 saturated heterocycles. The van der Waals surface area contributed by atoms with E-state index >= 15 is 0 Å². The zero-order valence-corrected chi connectivity index (χ0v) is 10.4. The predicted octanol–water partition coefficient (Wildman–Crippen LogP) is 1.60. The summed E-state index contributed by atoms with van der Waals surface area (Å²) in [6.07, 6.45) is 4.19. The Morgan fingerprint density at radius 1 is 1.50 bits per heavy atom. The maximum absolute atomic E-state index is 11.4. The van der Waals surface area contributed by atoms with Gasteiger partial charge in [-0.05, 0) is 13.0 Å².